The Kier molecular flexibility index (Phi) is 5.22. The zero-order valence-corrected chi connectivity index (χ0v) is 13.3. The smallest absolute Gasteiger partial charge is 0.349 e. The van der Waals surface area contributed by atoms with Crippen LogP contribution in [-0.4, -0.2) is 19.7 Å². The van der Waals surface area contributed by atoms with E-state index >= 15 is 0 Å². The Morgan fingerprint density at radius 3 is 2.48 bits per heavy atom. The van der Waals surface area contributed by atoms with Crippen LogP contribution in [0.3, 0.4) is 0 Å². The summed E-state index contributed by atoms with van der Waals surface area (Å²) in [5.74, 6) is 1.02. The van der Waals surface area contributed by atoms with Crippen LogP contribution in [0.15, 0.2) is 46.9 Å². The fourth-order valence-corrected chi connectivity index (χ4v) is 1.95. The lowest BCUT2D eigenvalue weighted by atomic mass is 10.2. The van der Waals surface area contributed by atoms with Crippen LogP contribution in [-0.2, 0) is 4.79 Å². The summed E-state index contributed by atoms with van der Waals surface area (Å²) >= 11 is 3.33. The molecule has 2 aromatic carbocycles. The quantitative estimate of drug-likeness (QED) is 0.608. The molecule has 0 atom stereocenters. The molecule has 0 heterocycles. The molecule has 0 amide bonds. The van der Waals surface area contributed by atoms with Crippen LogP contribution < -0.4 is 14.2 Å². The Hall–Kier alpha value is -2.01. The molecule has 0 saturated heterocycles. The maximum Gasteiger partial charge on any atom is 0.349 e. The third-order valence-corrected chi connectivity index (χ3v) is 3.24. The molecular formula is C16H15BrO4. The molecule has 0 aliphatic rings. The molecule has 0 aromatic heterocycles. The van der Waals surface area contributed by atoms with Gasteiger partial charge >= 0.3 is 5.97 Å². The third-order valence-electron chi connectivity index (χ3n) is 2.71. The highest BCUT2D eigenvalue weighted by Crippen LogP contribution is 2.27. The number of hydrogen-bond acceptors (Lipinski definition) is 4. The highest BCUT2D eigenvalue weighted by molar-refractivity contribution is 9.10. The Balaban J connectivity index is 1.94. The third kappa shape index (κ3) is 4.49. The van der Waals surface area contributed by atoms with Gasteiger partial charge in [0.1, 0.15) is 5.75 Å². The fraction of sp³-hybridized carbons (Fsp3) is 0.188. The van der Waals surface area contributed by atoms with Gasteiger partial charge in [0.2, 0.25) is 0 Å². The van der Waals surface area contributed by atoms with Crippen molar-refractivity contribution in [1.29, 1.82) is 0 Å². The van der Waals surface area contributed by atoms with Gasteiger partial charge in [-0.3, -0.25) is 0 Å². The first-order valence-electron chi connectivity index (χ1n) is 6.32. The Labute approximate surface area is 131 Å². The van der Waals surface area contributed by atoms with E-state index in [0.29, 0.717) is 17.2 Å². The zero-order chi connectivity index (χ0) is 15.2. The van der Waals surface area contributed by atoms with E-state index in [0.717, 1.165) is 10.0 Å². The average Bonchev–Trinajstić information content (AvgIpc) is 2.48. The number of carbonyl (C=O) groups is 1. The molecule has 5 heteroatoms. The van der Waals surface area contributed by atoms with Crippen LogP contribution in [0.5, 0.6) is 17.2 Å². The first-order chi connectivity index (χ1) is 10.1. The van der Waals surface area contributed by atoms with Gasteiger partial charge < -0.3 is 14.2 Å². The van der Waals surface area contributed by atoms with Crippen LogP contribution in [0.1, 0.15) is 5.56 Å². The van der Waals surface area contributed by atoms with Gasteiger partial charge in [-0.05, 0) is 48.9 Å². The monoisotopic (exact) mass is 350 g/mol. The number of hydrogen-bond donors (Lipinski definition) is 0. The summed E-state index contributed by atoms with van der Waals surface area (Å²) in [6, 6.07) is 12.6. The second-order valence-electron chi connectivity index (χ2n) is 4.37. The van der Waals surface area contributed by atoms with E-state index in [1.165, 1.54) is 7.11 Å². The Bertz CT molecular complexity index is 623. The van der Waals surface area contributed by atoms with Crippen molar-refractivity contribution in [2.24, 2.45) is 0 Å². The summed E-state index contributed by atoms with van der Waals surface area (Å²) < 4.78 is 16.7. The molecule has 0 saturated carbocycles. The second-order valence-corrected chi connectivity index (χ2v) is 5.29. The summed E-state index contributed by atoms with van der Waals surface area (Å²) in [6.45, 7) is 1.77. The van der Waals surface area contributed by atoms with E-state index in [2.05, 4.69) is 15.9 Å². The first kappa shape index (κ1) is 15.4. The van der Waals surface area contributed by atoms with Gasteiger partial charge in [0.25, 0.3) is 0 Å². The van der Waals surface area contributed by atoms with Crippen molar-refractivity contribution >= 4 is 21.9 Å². The van der Waals surface area contributed by atoms with Gasteiger partial charge in [-0.2, -0.15) is 0 Å². The van der Waals surface area contributed by atoms with E-state index in [1.807, 2.05) is 25.1 Å². The molecule has 110 valence electrons. The lowest BCUT2D eigenvalue weighted by Gasteiger charge is -2.10. The molecule has 0 fully saturated rings. The summed E-state index contributed by atoms with van der Waals surface area (Å²) in [6.07, 6.45) is 0. The van der Waals surface area contributed by atoms with E-state index in [-0.39, 0.29) is 6.61 Å². The highest BCUT2D eigenvalue weighted by atomic mass is 79.9. The summed E-state index contributed by atoms with van der Waals surface area (Å²) in [7, 11) is 1.53. The zero-order valence-electron chi connectivity index (χ0n) is 11.8. The Morgan fingerprint density at radius 2 is 1.81 bits per heavy atom. The topological polar surface area (TPSA) is 44.8 Å². The number of methoxy groups -OCH3 is 1. The molecule has 0 radical (unpaired) electrons. The van der Waals surface area contributed by atoms with E-state index in [9.17, 15) is 4.79 Å². The number of aryl methyl sites for hydroxylation is 1. The van der Waals surface area contributed by atoms with Crippen LogP contribution >= 0.6 is 15.9 Å². The van der Waals surface area contributed by atoms with Crippen molar-refractivity contribution in [2.45, 2.75) is 6.92 Å². The number of ether oxygens (including phenoxy) is 3. The molecular weight excluding hydrogens is 336 g/mol. The van der Waals surface area contributed by atoms with Gasteiger partial charge in [0, 0.05) is 4.47 Å². The van der Waals surface area contributed by atoms with Gasteiger partial charge in [-0.1, -0.05) is 22.0 Å². The molecule has 0 unspecified atom stereocenters. The fourth-order valence-electron chi connectivity index (χ4n) is 1.68. The van der Waals surface area contributed by atoms with E-state index in [1.54, 1.807) is 24.3 Å². The summed E-state index contributed by atoms with van der Waals surface area (Å²) in [4.78, 5) is 11.8. The molecule has 0 bridgehead atoms. The lowest BCUT2D eigenvalue weighted by molar-refractivity contribution is -0.136. The number of rotatable bonds is 5. The minimum atomic E-state index is -0.486. The van der Waals surface area contributed by atoms with Gasteiger partial charge in [0.05, 0.1) is 7.11 Å². The maximum absolute atomic E-state index is 11.8. The molecule has 2 aromatic rings. The number of benzene rings is 2. The van der Waals surface area contributed by atoms with Gasteiger partial charge in [-0.15, -0.1) is 0 Å². The molecule has 0 aliphatic heterocycles. The predicted molar refractivity (Wildman–Crippen MR) is 83.0 cm³/mol. The highest BCUT2D eigenvalue weighted by Gasteiger charge is 2.11. The van der Waals surface area contributed by atoms with Crippen LogP contribution in [0.2, 0.25) is 0 Å². The van der Waals surface area contributed by atoms with Gasteiger partial charge in [0.15, 0.2) is 18.1 Å². The first-order valence-corrected chi connectivity index (χ1v) is 7.11. The molecule has 4 nitrogen and oxygen atoms in total. The van der Waals surface area contributed by atoms with Crippen molar-refractivity contribution in [1.82, 2.24) is 0 Å². The SMILES string of the molecule is COc1cc(C)ccc1OC(=O)COc1ccc(Br)cc1. The van der Waals surface area contributed by atoms with Crippen molar-refractivity contribution in [2.75, 3.05) is 13.7 Å². The van der Waals surface area contributed by atoms with Crippen LogP contribution in [0.4, 0.5) is 0 Å². The maximum atomic E-state index is 11.8. The summed E-state index contributed by atoms with van der Waals surface area (Å²) in [5, 5.41) is 0. The number of halogens is 1. The molecule has 0 aliphatic carbocycles. The number of carbonyl (C=O) groups excluding carboxylic acids is 1. The van der Waals surface area contributed by atoms with Crippen molar-refractivity contribution in [3.63, 3.8) is 0 Å². The van der Waals surface area contributed by atoms with Crippen molar-refractivity contribution < 1.29 is 19.0 Å². The van der Waals surface area contributed by atoms with Gasteiger partial charge in [-0.25, -0.2) is 4.79 Å². The molecule has 21 heavy (non-hydrogen) atoms. The predicted octanol–water partition coefficient (Wildman–Crippen LogP) is 3.75. The second kappa shape index (κ2) is 7.13. The van der Waals surface area contributed by atoms with Crippen LogP contribution in [0.25, 0.3) is 0 Å². The van der Waals surface area contributed by atoms with Crippen LogP contribution in [0, 0.1) is 6.92 Å². The minimum absolute atomic E-state index is 0.168. The average molecular weight is 351 g/mol. The van der Waals surface area contributed by atoms with Crippen molar-refractivity contribution in [3.8, 4) is 17.2 Å². The Morgan fingerprint density at radius 1 is 1.10 bits per heavy atom. The molecule has 0 N–H and O–H groups in total. The molecule has 0 spiro atoms. The minimum Gasteiger partial charge on any atom is -0.493 e. The standard InChI is InChI=1S/C16H15BrO4/c1-11-3-8-14(15(9-11)19-2)21-16(18)10-20-13-6-4-12(17)5-7-13/h3-9H,10H2,1-2H3. The number of esters is 1. The summed E-state index contributed by atoms with van der Waals surface area (Å²) in [5.41, 5.74) is 1.03. The lowest BCUT2D eigenvalue weighted by Crippen LogP contribution is -2.18. The largest absolute Gasteiger partial charge is 0.493 e. The van der Waals surface area contributed by atoms with E-state index in [4.69, 9.17) is 14.2 Å². The van der Waals surface area contributed by atoms with E-state index < -0.39 is 5.97 Å². The van der Waals surface area contributed by atoms with Crippen molar-refractivity contribution in [3.05, 3.63) is 52.5 Å². The molecule has 2 rings (SSSR count). The normalized spacial score (nSPS) is 10.0.